The van der Waals surface area contributed by atoms with Gasteiger partial charge >= 0.3 is 0 Å². The molecule has 2 unspecified atom stereocenters. The number of aryl methyl sites for hydroxylation is 1. The minimum Gasteiger partial charge on any atom is -0.396 e. The lowest BCUT2D eigenvalue weighted by Gasteiger charge is -2.27. The van der Waals surface area contributed by atoms with E-state index in [1.165, 1.54) is 36.8 Å². The van der Waals surface area contributed by atoms with Gasteiger partial charge in [-0.25, -0.2) is 0 Å². The molecule has 2 N–H and O–H groups in total. The summed E-state index contributed by atoms with van der Waals surface area (Å²) in [5, 5.41) is 12.8. The molecule has 0 aliphatic heterocycles. The molecule has 0 saturated heterocycles. The number of fused-ring (bicyclic) bond motifs is 1. The molecule has 1 aliphatic rings. The third-order valence-corrected chi connectivity index (χ3v) is 4.28. The van der Waals surface area contributed by atoms with E-state index in [4.69, 9.17) is 5.11 Å². The van der Waals surface area contributed by atoms with Crippen molar-refractivity contribution in [3.05, 3.63) is 35.4 Å². The van der Waals surface area contributed by atoms with Gasteiger partial charge in [0.2, 0.25) is 0 Å². The number of aliphatic hydroxyl groups is 1. The predicted molar refractivity (Wildman–Crippen MR) is 80.4 cm³/mol. The summed E-state index contributed by atoms with van der Waals surface area (Å²) >= 11 is 0. The molecule has 1 aromatic carbocycles. The normalized spacial score (nSPS) is 20.0. The zero-order chi connectivity index (χ0) is 13.5. The topological polar surface area (TPSA) is 32.3 Å². The molecule has 19 heavy (non-hydrogen) atoms. The number of aliphatic hydroxyl groups excluding tert-OH is 1. The number of nitrogens with one attached hydrogen (secondary N) is 1. The lowest BCUT2D eigenvalue weighted by molar-refractivity contribution is 0.243. The maximum atomic E-state index is 9.10. The van der Waals surface area contributed by atoms with Crippen molar-refractivity contribution in [3.63, 3.8) is 0 Å². The van der Waals surface area contributed by atoms with Crippen LogP contribution in [0.1, 0.15) is 43.7 Å². The standard InChI is InChI=1S/C17H27NO/c1-2-5-14(10-11-19)13-18-17-9-8-15-6-3-4-7-16(15)12-17/h3-4,6-7,14,17-19H,2,5,8-13H2,1H3. The van der Waals surface area contributed by atoms with Crippen molar-refractivity contribution >= 4 is 0 Å². The molecule has 2 rings (SSSR count). The van der Waals surface area contributed by atoms with Crippen molar-refractivity contribution in [2.45, 2.75) is 51.5 Å². The van der Waals surface area contributed by atoms with E-state index in [1.54, 1.807) is 0 Å². The van der Waals surface area contributed by atoms with Crippen LogP contribution in [0.4, 0.5) is 0 Å². The Hall–Kier alpha value is -0.860. The summed E-state index contributed by atoms with van der Waals surface area (Å²) in [4.78, 5) is 0. The zero-order valence-electron chi connectivity index (χ0n) is 12.1. The molecule has 0 amide bonds. The summed E-state index contributed by atoms with van der Waals surface area (Å²) in [6, 6.07) is 9.43. The van der Waals surface area contributed by atoms with Gasteiger partial charge in [-0.3, -0.25) is 0 Å². The van der Waals surface area contributed by atoms with Gasteiger partial charge in [0.15, 0.2) is 0 Å². The van der Waals surface area contributed by atoms with Gasteiger partial charge in [0.25, 0.3) is 0 Å². The molecule has 106 valence electrons. The van der Waals surface area contributed by atoms with Crippen LogP contribution in [0, 0.1) is 5.92 Å². The van der Waals surface area contributed by atoms with E-state index in [0.29, 0.717) is 18.6 Å². The number of rotatable bonds is 7. The lowest BCUT2D eigenvalue weighted by atomic mass is 9.88. The molecule has 0 spiro atoms. The van der Waals surface area contributed by atoms with Crippen molar-refractivity contribution in [2.75, 3.05) is 13.2 Å². The maximum Gasteiger partial charge on any atom is 0.0434 e. The van der Waals surface area contributed by atoms with Gasteiger partial charge in [-0.1, -0.05) is 37.6 Å². The molecule has 0 saturated carbocycles. The highest BCUT2D eigenvalue weighted by atomic mass is 16.3. The van der Waals surface area contributed by atoms with Gasteiger partial charge in [-0.15, -0.1) is 0 Å². The average Bonchev–Trinajstić information content (AvgIpc) is 2.45. The van der Waals surface area contributed by atoms with Crippen molar-refractivity contribution in [1.29, 1.82) is 0 Å². The minimum atomic E-state index is 0.319. The summed E-state index contributed by atoms with van der Waals surface area (Å²) in [5.74, 6) is 0.632. The van der Waals surface area contributed by atoms with E-state index in [2.05, 4.69) is 36.5 Å². The van der Waals surface area contributed by atoms with Gasteiger partial charge in [-0.2, -0.15) is 0 Å². The molecular weight excluding hydrogens is 234 g/mol. The number of hydrogen-bond donors (Lipinski definition) is 2. The fourth-order valence-corrected chi connectivity index (χ4v) is 3.14. The number of hydrogen-bond acceptors (Lipinski definition) is 2. The Morgan fingerprint density at radius 1 is 1.26 bits per heavy atom. The van der Waals surface area contributed by atoms with E-state index >= 15 is 0 Å². The highest BCUT2D eigenvalue weighted by Gasteiger charge is 2.18. The minimum absolute atomic E-state index is 0.319. The van der Waals surface area contributed by atoms with Crippen molar-refractivity contribution < 1.29 is 5.11 Å². The van der Waals surface area contributed by atoms with Crippen molar-refractivity contribution in [3.8, 4) is 0 Å². The maximum absolute atomic E-state index is 9.10. The molecule has 2 nitrogen and oxygen atoms in total. The van der Waals surface area contributed by atoms with Crippen LogP contribution in [0.2, 0.25) is 0 Å². The highest BCUT2D eigenvalue weighted by Crippen LogP contribution is 2.21. The third kappa shape index (κ3) is 4.32. The Morgan fingerprint density at radius 2 is 2.05 bits per heavy atom. The van der Waals surface area contributed by atoms with Gasteiger partial charge in [0.05, 0.1) is 0 Å². The second-order valence-corrected chi connectivity index (χ2v) is 5.78. The average molecular weight is 261 g/mol. The molecule has 1 aromatic rings. The molecule has 0 fully saturated rings. The van der Waals surface area contributed by atoms with Crippen LogP contribution in [0.3, 0.4) is 0 Å². The van der Waals surface area contributed by atoms with Crippen LogP contribution in [0.5, 0.6) is 0 Å². The van der Waals surface area contributed by atoms with Crippen molar-refractivity contribution in [1.82, 2.24) is 5.32 Å². The number of benzene rings is 1. The van der Waals surface area contributed by atoms with Gasteiger partial charge in [0.1, 0.15) is 0 Å². The SMILES string of the molecule is CCCC(CCO)CNC1CCc2ccccc2C1. The second kappa shape index (κ2) is 7.66. The van der Waals surface area contributed by atoms with E-state index in [0.717, 1.165) is 19.4 Å². The molecule has 0 heterocycles. The Balaban J connectivity index is 1.81. The van der Waals surface area contributed by atoms with E-state index in [9.17, 15) is 0 Å². The molecule has 0 radical (unpaired) electrons. The molecule has 0 aromatic heterocycles. The van der Waals surface area contributed by atoms with E-state index in [-0.39, 0.29) is 0 Å². The first-order chi connectivity index (χ1) is 9.33. The fraction of sp³-hybridized carbons (Fsp3) is 0.647. The largest absolute Gasteiger partial charge is 0.396 e. The first-order valence-corrected chi connectivity index (χ1v) is 7.74. The summed E-state index contributed by atoms with van der Waals surface area (Å²) in [7, 11) is 0. The van der Waals surface area contributed by atoms with Gasteiger partial charge in [-0.05, 0) is 55.7 Å². The van der Waals surface area contributed by atoms with Crippen LogP contribution in [-0.2, 0) is 12.8 Å². The summed E-state index contributed by atoms with van der Waals surface area (Å²) in [6.45, 7) is 3.60. The Morgan fingerprint density at radius 3 is 2.79 bits per heavy atom. The smallest absolute Gasteiger partial charge is 0.0434 e. The monoisotopic (exact) mass is 261 g/mol. The molecule has 2 atom stereocenters. The van der Waals surface area contributed by atoms with Crippen molar-refractivity contribution in [2.24, 2.45) is 5.92 Å². The van der Waals surface area contributed by atoms with E-state index in [1.807, 2.05) is 0 Å². The predicted octanol–water partition coefficient (Wildman–Crippen LogP) is 2.93. The molecular formula is C17H27NO. The highest BCUT2D eigenvalue weighted by molar-refractivity contribution is 5.30. The third-order valence-electron chi connectivity index (χ3n) is 4.28. The van der Waals surface area contributed by atoms with Crippen LogP contribution in [0.25, 0.3) is 0 Å². The Bertz CT molecular complexity index is 371. The first kappa shape index (κ1) is 14.5. The van der Waals surface area contributed by atoms with Gasteiger partial charge < -0.3 is 10.4 Å². The van der Waals surface area contributed by atoms with Crippen LogP contribution < -0.4 is 5.32 Å². The Labute approximate surface area is 117 Å². The lowest BCUT2D eigenvalue weighted by Crippen LogP contribution is -2.37. The summed E-state index contributed by atoms with van der Waals surface area (Å²) in [6.07, 6.45) is 6.97. The molecule has 2 heteroatoms. The molecule has 0 bridgehead atoms. The van der Waals surface area contributed by atoms with Crippen LogP contribution >= 0.6 is 0 Å². The second-order valence-electron chi connectivity index (χ2n) is 5.78. The fourth-order valence-electron chi connectivity index (χ4n) is 3.14. The molecule has 1 aliphatic carbocycles. The summed E-state index contributed by atoms with van der Waals surface area (Å²) in [5.41, 5.74) is 3.04. The van der Waals surface area contributed by atoms with E-state index < -0.39 is 0 Å². The summed E-state index contributed by atoms with van der Waals surface area (Å²) < 4.78 is 0. The zero-order valence-corrected chi connectivity index (χ0v) is 12.1. The van der Waals surface area contributed by atoms with Crippen LogP contribution in [-0.4, -0.2) is 24.3 Å². The first-order valence-electron chi connectivity index (χ1n) is 7.74. The van der Waals surface area contributed by atoms with Crippen LogP contribution in [0.15, 0.2) is 24.3 Å². The quantitative estimate of drug-likeness (QED) is 0.791. The Kier molecular flexibility index (Phi) is 5.87. The van der Waals surface area contributed by atoms with Gasteiger partial charge in [0, 0.05) is 12.6 Å².